The van der Waals surface area contributed by atoms with Crippen molar-refractivity contribution in [3.8, 4) is 6.07 Å². The Morgan fingerprint density at radius 3 is 2.73 bits per heavy atom. The highest BCUT2D eigenvalue weighted by molar-refractivity contribution is 7.98. The van der Waals surface area contributed by atoms with Crippen LogP contribution in [0.3, 0.4) is 0 Å². The number of aromatic nitrogens is 4. The third kappa shape index (κ3) is 3.02. The summed E-state index contributed by atoms with van der Waals surface area (Å²) in [6.07, 6.45) is 1.46. The van der Waals surface area contributed by atoms with Crippen molar-refractivity contribution in [1.29, 1.82) is 5.26 Å². The number of fused-ring (bicyclic) bond motifs is 3. The molecule has 0 unspecified atom stereocenters. The second kappa shape index (κ2) is 7.46. The highest BCUT2D eigenvalue weighted by Crippen LogP contribution is 2.29. The lowest BCUT2D eigenvalue weighted by molar-refractivity contribution is 0.0941. The van der Waals surface area contributed by atoms with Crippen LogP contribution in [0.1, 0.15) is 21.7 Å². The molecule has 0 aliphatic heterocycles. The normalized spacial score (nSPS) is 11.0. The first-order valence-electron chi connectivity index (χ1n) is 9.09. The molecule has 0 aliphatic rings. The molecule has 8 heteroatoms. The minimum Gasteiger partial charge on any atom is -0.459 e. The summed E-state index contributed by atoms with van der Waals surface area (Å²) in [6.45, 7) is 0. The Labute approximate surface area is 175 Å². The highest BCUT2D eigenvalue weighted by atomic mass is 32.2. The molecule has 3 heterocycles. The van der Waals surface area contributed by atoms with Crippen LogP contribution in [0.15, 0.2) is 76.5 Å². The van der Waals surface area contributed by atoms with E-state index < -0.39 is 0 Å². The third-order valence-electron chi connectivity index (χ3n) is 4.69. The molecule has 5 aromatic rings. The number of para-hydroxylation sites is 1. The van der Waals surface area contributed by atoms with E-state index in [0.29, 0.717) is 33.2 Å². The fraction of sp³-hybridized carbons (Fsp3) is 0.0455. The molecule has 0 amide bonds. The zero-order chi connectivity index (χ0) is 20.5. The van der Waals surface area contributed by atoms with Gasteiger partial charge in [0.05, 0.1) is 23.4 Å². The summed E-state index contributed by atoms with van der Waals surface area (Å²) in [5.74, 6) is 0.411. The van der Waals surface area contributed by atoms with Gasteiger partial charge in [-0.15, -0.1) is 10.2 Å². The predicted molar refractivity (Wildman–Crippen MR) is 112 cm³/mol. The number of thioether (sulfide) groups is 1. The van der Waals surface area contributed by atoms with Gasteiger partial charge in [-0.2, -0.15) is 5.26 Å². The summed E-state index contributed by atoms with van der Waals surface area (Å²) in [5.41, 5.74) is 3.16. The zero-order valence-electron chi connectivity index (χ0n) is 15.5. The Bertz CT molecular complexity index is 1430. The van der Waals surface area contributed by atoms with E-state index >= 15 is 0 Å². The molecule has 0 N–H and O–H groups in total. The van der Waals surface area contributed by atoms with E-state index in [2.05, 4.69) is 21.3 Å². The molecular weight excluding hydrogens is 398 g/mol. The number of hydrogen-bond acceptors (Lipinski definition) is 7. The number of rotatable bonds is 4. The topological polar surface area (TPSA) is 97.6 Å². The number of hydrogen-bond donors (Lipinski definition) is 0. The molecule has 0 spiro atoms. The summed E-state index contributed by atoms with van der Waals surface area (Å²) in [6, 6.07) is 20.3. The van der Waals surface area contributed by atoms with Crippen molar-refractivity contribution < 1.29 is 9.21 Å². The molecule has 2 aromatic carbocycles. The second-order valence-electron chi connectivity index (χ2n) is 6.46. The molecule has 0 atom stereocenters. The molecule has 0 saturated heterocycles. The summed E-state index contributed by atoms with van der Waals surface area (Å²) in [7, 11) is 0. The van der Waals surface area contributed by atoms with Crippen LogP contribution in [0.2, 0.25) is 0 Å². The quantitative estimate of drug-likeness (QED) is 0.404. The van der Waals surface area contributed by atoms with Crippen molar-refractivity contribution in [1.82, 2.24) is 19.7 Å². The highest BCUT2D eigenvalue weighted by Gasteiger charge is 2.22. The number of carbonyl (C=O) groups excluding carboxylic acids is 1. The van der Waals surface area contributed by atoms with Gasteiger partial charge < -0.3 is 4.42 Å². The van der Waals surface area contributed by atoms with Crippen molar-refractivity contribution in [2.75, 3.05) is 0 Å². The lowest BCUT2D eigenvalue weighted by Crippen LogP contribution is -2.12. The van der Waals surface area contributed by atoms with Gasteiger partial charge in [0, 0.05) is 11.1 Å². The molecule has 0 bridgehead atoms. The SMILES string of the molecule is N#Cc1ccccc1CSc1nnc2c3ccccc3n(C(=O)c3ccco3)c2n1. The number of furan rings is 1. The largest absolute Gasteiger partial charge is 0.459 e. The minimum atomic E-state index is -0.322. The van der Waals surface area contributed by atoms with Crippen molar-refractivity contribution in [3.63, 3.8) is 0 Å². The van der Waals surface area contributed by atoms with Gasteiger partial charge in [0.1, 0.15) is 5.52 Å². The monoisotopic (exact) mass is 411 g/mol. The van der Waals surface area contributed by atoms with Crippen LogP contribution in [0.5, 0.6) is 0 Å². The molecule has 30 heavy (non-hydrogen) atoms. The van der Waals surface area contributed by atoms with Crippen LogP contribution in [0.25, 0.3) is 22.1 Å². The smallest absolute Gasteiger partial charge is 0.299 e. The number of benzene rings is 2. The number of nitrogens with zero attached hydrogens (tertiary/aromatic N) is 5. The van der Waals surface area contributed by atoms with Gasteiger partial charge in [-0.1, -0.05) is 48.2 Å². The van der Waals surface area contributed by atoms with Crippen LogP contribution in [-0.4, -0.2) is 25.7 Å². The lowest BCUT2D eigenvalue weighted by atomic mass is 10.1. The van der Waals surface area contributed by atoms with Gasteiger partial charge in [-0.3, -0.25) is 9.36 Å². The second-order valence-corrected chi connectivity index (χ2v) is 7.40. The van der Waals surface area contributed by atoms with Gasteiger partial charge in [-0.05, 0) is 29.8 Å². The number of carbonyl (C=O) groups is 1. The van der Waals surface area contributed by atoms with Crippen molar-refractivity contribution in [3.05, 3.63) is 83.8 Å². The fourth-order valence-electron chi connectivity index (χ4n) is 3.29. The van der Waals surface area contributed by atoms with Crippen molar-refractivity contribution in [2.24, 2.45) is 0 Å². The minimum absolute atomic E-state index is 0.216. The molecule has 7 nitrogen and oxygen atoms in total. The third-order valence-corrected chi connectivity index (χ3v) is 5.58. The molecule has 144 valence electrons. The Morgan fingerprint density at radius 1 is 1.07 bits per heavy atom. The molecule has 0 saturated carbocycles. The average molecular weight is 411 g/mol. The van der Waals surface area contributed by atoms with Crippen LogP contribution in [0, 0.1) is 11.3 Å². The summed E-state index contributed by atoms with van der Waals surface area (Å²) in [4.78, 5) is 17.7. The Hall–Kier alpha value is -3.96. The van der Waals surface area contributed by atoms with Gasteiger partial charge in [0.15, 0.2) is 11.4 Å². The number of nitriles is 1. The van der Waals surface area contributed by atoms with E-state index in [1.165, 1.54) is 22.6 Å². The van der Waals surface area contributed by atoms with Gasteiger partial charge in [0.2, 0.25) is 5.16 Å². The van der Waals surface area contributed by atoms with Gasteiger partial charge in [-0.25, -0.2) is 4.98 Å². The average Bonchev–Trinajstić information content (AvgIpc) is 3.44. The standard InChI is InChI=1S/C22H13N5O2S/c23-12-14-6-1-2-7-15(14)13-30-22-24-20-19(25-26-22)16-8-3-4-9-17(16)27(20)21(28)18-10-5-11-29-18/h1-11H,13H2. The maximum Gasteiger partial charge on any atom is 0.299 e. The van der Waals surface area contributed by atoms with Gasteiger partial charge >= 0.3 is 0 Å². The Balaban J connectivity index is 1.60. The summed E-state index contributed by atoms with van der Waals surface area (Å²) in [5, 5.41) is 19.1. The molecule has 0 fully saturated rings. The first-order chi connectivity index (χ1) is 14.8. The van der Waals surface area contributed by atoms with E-state index in [1.807, 2.05) is 42.5 Å². The van der Waals surface area contributed by atoms with E-state index in [-0.39, 0.29) is 11.7 Å². The van der Waals surface area contributed by atoms with E-state index in [4.69, 9.17) is 4.42 Å². The molecule has 0 aliphatic carbocycles. The molecule has 5 rings (SSSR count). The van der Waals surface area contributed by atoms with E-state index in [1.54, 1.807) is 18.2 Å². The van der Waals surface area contributed by atoms with Crippen molar-refractivity contribution >= 4 is 39.7 Å². The van der Waals surface area contributed by atoms with Crippen molar-refractivity contribution in [2.45, 2.75) is 10.9 Å². The summed E-state index contributed by atoms with van der Waals surface area (Å²) >= 11 is 1.36. The van der Waals surface area contributed by atoms with Gasteiger partial charge in [0.25, 0.3) is 5.91 Å². The maximum atomic E-state index is 13.1. The first-order valence-corrected chi connectivity index (χ1v) is 10.1. The molecular formula is C22H13N5O2S. The van der Waals surface area contributed by atoms with Crippen LogP contribution in [-0.2, 0) is 5.75 Å². The zero-order valence-corrected chi connectivity index (χ0v) is 16.3. The lowest BCUT2D eigenvalue weighted by Gasteiger charge is -2.04. The van der Waals surface area contributed by atoms with Crippen LogP contribution < -0.4 is 0 Å². The summed E-state index contributed by atoms with van der Waals surface area (Å²) < 4.78 is 6.81. The van der Waals surface area contributed by atoms with Crippen LogP contribution in [0.4, 0.5) is 0 Å². The van der Waals surface area contributed by atoms with E-state index in [9.17, 15) is 10.1 Å². The Morgan fingerprint density at radius 2 is 1.90 bits per heavy atom. The molecule has 3 aromatic heterocycles. The first kappa shape index (κ1) is 18.1. The molecule has 0 radical (unpaired) electrons. The Kier molecular flexibility index (Phi) is 4.50. The fourth-order valence-corrected chi connectivity index (χ4v) is 4.08. The maximum absolute atomic E-state index is 13.1. The van der Waals surface area contributed by atoms with E-state index in [0.717, 1.165) is 10.9 Å². The van der Waals surface area contributed by atoms with Crippen LogP contribution >= 0.6 is 11.8 Å². The predicted octanol–water partition coefficient (Wildman–Crippen LogP) is 4.42.